The molecule has 7 nitrogen and oxygen atoms in total. The summed E-state index contributed by atoms with van der Waals surface area (Å²) < 4.78 is 27.8. The molecule has 0 heterocycles. The number of alkyl halides is 2. The molecular formula is C9H14F2N2O5. The number of amides is 2. The van der Waals surface area contributed by atoms with Gasteiger partial charge in [-0.15, -0.1) is 0 Å². The maximum absolute atomic E-state index is 11.7. The van der Waals surface area contributed by atoms with Gasteiger partial charge in [0.05, 0.1) is 13.0 Å². The third kappa shape index (κ3) is 8.39. The van der Waals surface area contributed by atoms with Crippen LogP contribution in [0.4, 0.5) is 8.78 Å². The van der Waals surface area contributed by atoms with Gasteiger partial charge in [0.1, 0.15) is 12.6 Å². The van der Waals surface area contributed by atoms with Gasteiger partial charge in [-0.2, -0.15) is 0 Å². The van der Waals surface area contributed by atoms with E-state index in [1.807, 2.05) is 5.32 Å². The number of hydrogen-bond donors (Lipinski definition) is 3. The summed E-state index contributed by atoms with van der Waals surface area (Å²) >= 11 is 0. The maximum Gasteiger partial charge on any atom is 0.326 e. The summed E-state index contributed by atoms with van der Waals surface area (Å²) in [6.07, 6.45) is -3.46. The van der Waals surface area contributed by atoms with Gasteiger partial charge in [-0.1, -0.05) is 0 Å². The zero-order valence-electron chi connectivity index (χ0n) is 9.40. The Hall–Kier alpha value is -1.77. The minimum absolute atomic E-state index is 0.265. The van der Waals surface area contributed by atoms with E-state index in [0.717, 1.165) is 0 Å². The van der Waals surface area contributed by atoms with Crippen LogP contribution in [0.3, 0.4) is 0 Å². The highest BCUT2D eigenvalue weighted by atomic mass is 19.3. The number of halogens is 2. The lowest BCUT2D eigenvalue weighted by Gasteiger charge is -2.12. The molecule has 9 heteroatoms. The second-order valence-corrected chi connectivity index (χ2v) is 3.34. The number of hydrogen-bond acceptors (Lipinski definition) is 4. The molecule has 0 rings (SSSR count). The van der Waals surface area contributed by atoms with Crippen LogP contribution in [0, 0.1) is 0 Å². The highest BCUT2D eigenvalue weighted by Gasteiger charge is 2.21. The molecule has 104 valence electrons. The summed E-state index contributed by atoms with van der Waals surface area (Å²) in [5.41, 5.74) is 4.80. The second-order valence-electron chi connectivity index (χ2n) is 3.34. The number of carbonyl (C=O) groups is 3. The lowest BCUT2D eigenvalue weighted by molar-refractivity contribution is -0.143. The van der Waals surface area contributed by atoms with Gasteiger partial charge in [0.2, 0.25) is 11.8 Å². The van der Waals surface area contributed by atoms with E-state index in [9.17, 15) is 23.2 Å². The van der Waals surface area contributed by atoms with Crippen LogP contribution >= 0.6 is 0 Å². The highest BCUT2D eigenvalue weighted by Crippen LogP contribution is 1.96. The molecule has 0 aromatic heterocycles. The van der Waals surface area contributed by atoms with E-state index in [2.05, 4.69) is 4.74 Å². The molecule has 4 N–H and O–H groups in total. The Balaban J connectivity index is 3.95. The van der Waals surface area contributed by atoms with Gasteiger partial charge in [0, 0.05) is 6.42 Å². The minimum atomic E-state index is -2.63. The van der Waals surface area contributed by atoms with Crippen molar-refractivity contribution in [2.45, 2.75) is 25.3 Å². The van der Waals surface area contributed by atoms with Gasteiger partial charge in [-0.25, -0.2) is 13.6 Å². The molecule has 1 atom stereocenters. The van der Waals surface area contributed by atoms with Gasteiger partial charge in [0.25, 0.3) is 6.43 Å². The van der Waals surface area contributed by atoms with Crippen molar-refractivity contribution in [3.05, 3.63) is 0 Å². The lowest BCUT2D eigenvalue weighted by Crippen LogP contribution is -2.43. The third-order valence-corrected chi connectivity index (χ3v) is 1.76. The van der Waals surface area contributed by atoms with Crippen molar-refractivity contribution in [2.24, 2.45) is 5.73 Å². The average Bonchev–Trinajstić information content (AvgIpc) is 2.22. The van der Waals surface area contributed by atoms with Crippen LogP contribution in [0.1, 0.15) is 12.8 Å². The number of carboxylic acids is 1. The third-order valence-electron chi connectivity index (χ3n) is 1.76. The number of carboxylic acid groups (broad SMARTS) is 1. The van der Waals surface area contributed by atoms with Crippen molar-refractivity contribution < 1.29 is 33.0 Å². The fourth-order valence-electron chi connectivity index (χ4n) is 1.01. The molecule has 0 aliphatic carbocycles. The smallest absolute Gasteiger partial charge is 0.326 e. The number of aliphatic carboxylic acids is 1. The largest absolute Gasteiger partial charge is 0.480 e. The number of ether oxygens (including phenoxy) is 1. The van der Waals surface area contributed by atoms with E-state index >= 15 is 0 Å². The molecule has 0 bridgehead atoms. The second kappa shape index (κ2) is 8.34. The molecule has 0 radical (unpaired) electrons. The monoisotopic (exact) mass is 268 g/mol. The molecule has 2 amide bonds. The van der Waals surface area contributed by atoms with Crippen LogP contribution in [0.2, 0.25) is 0 Å². The Kier molecular flexibility index (Phi) is 7.52. The first-order valence-electron chi connectivity index (χ1n) is 4.99. The van der Waals surface area contributed by atoms with Crippen molar-refractivity contribution in [3.8, 4) is 0 Å². The van der Waals surface area contributed by atoms with Crippen molar-refractivity contribution in [2.75, 3.05) is 13.2 Å². The number of rotatable bonds is 9. The minimum Gasteiger partial charge on any atom is -0.480 e. The summed E-state index contributed by atoms with van der Waals surface area (Å²) in [4.78, 5) is 32.4. The van der Waals surface area contributed by atoms with E-state index in [0.29, 0.717) is 0 Å². The lowest BCUT2D eigenvalue weighted by atomic mass is 10.2. The standard InChI is InChI=1S/C9H14F2N2O5/c10-6(11)4-18-2-1-8(15)13-5(9(16)17)3-7(12)14/h5-6H,1-4H2,(H2,12,14)(H,13,15)(H,16,17)/t5-/m1/s1. The molecule has 0 aromatic carbocycles. The first kappa shape index (κ1) is 16.2. The Morgan fingerprint density at radius 2 is 1.94 bits per heavy atom. The van der Waals surface area contributed by atoms with Crippen molar-refractivity contribution in [1.82, 2.24) is 5.32 Å². The van der Waals surface area contributed by atoms with E-state index in [1.54, 1.807) is 0 Å². The van der Waals surface area contributed by atoms with E-state index in [4.69, 9.17) is 10.8 Å². The fourth-order valence-corrected chi connectivity index (χ4v) is 1.01. The highest BCUT2D eigenvalue weighted by molar-refractivity contribution is 5.88. The number of nitrogens with two attached hydrogens (primary N) is 1. The Morgan fingerprint density at radius 3 is 2.39 bits per heavy atom. The van der Waals surface area contributed by atoms with Crippen molar-refractivity contribution in [1.29, 1.82) is 0 Å². The van der Waals surface area contributed by atoms with Crippen LogP contribution < -0.4 is 11.1 Å². The normalized spacial score (nSPS) is 12.2. The van der Waals surface area contributed by atoms with Gasteiger partial charge >= 0.3 is 5.97 Å². The Bertz CT molecular complexity index is 311. The summed E-state index contributed by atoms with van der Waals surface area (Å²) in [5.74, 6) is -3.01. The van der Waals surface area contributed by atoms with Crippen molar-refractivity contribution in [3.63, 3.8) is 0 Å². The van der Waals surface area contributed by atoms with E-state index in [-0.39, 0.29) is 13.0 Å². The molecule has 0 aromatic rings. The number of primary amides is 1. The van der Waals surface area contributed by atoms with Crippen LogP contribution in [0.25, 0.3) is 0 Å². The molecule has 0 aliphatic heterocycles. The summed E-state index contributed by atoms with van der Waals surface area (Å²) in [6, 6.07) is -1.43. The molecule has 0 fully saturated rings. The number of carbonyl (C=O) groups excluding carboxylic acids is 2. The van der Waals surface area contributed by atoms with Crippen molar-refractivity contribution >= 4 is 17.8 Å². The molecular weight excluding hydrogens is 254 g/mol. The van der Waals surface area contributed by atoms with Crippen LogP contribution in [0.15, 0.2) is 0 Å². The van der Waals surface area contributed by atoms with Crippen LogP contribution in [-0.2, 0) is 19.1 Å². The first-order chi connectivity index (χ1) is 8.32. The quantitative estimate of drug-likeness (QED) is 0.468. The zero-order chi connectivity index (χ0) is 14.1. The molecule has 0 saturated carbocycles. The molecule has 0 aliphatic rings. The summed E-state index contributed by atoms with van der Waals surface area (Å²) in [5, 5.41) is 10.7. The predicted molar refractivity (Wildman–Crippen MR) is 54.8 cm³/mol. The van der Waals surface area contributed by atoms with Gasteiger partial charge < -0.3 is 20.9 Å². The first-order valence-corrected chi connectivity index (χ1v) is 4.99. The summed E-state index contributed by atoms with van der Waals surface area (Å²) in [7, 11) is 0. The summed E-state index contributed by atoms with van der Waals surface area (Å²) in [6.45, 7) is -1.06. The van der Waals surface area contributed by atoms with E-state index in [1.165, 1.54) is 0 Å². The zero-order valence-corrected chi connectivity index (χ0v) is 9.40. The maximum atomic E-state index is 11.7. The predicted octanol–water partition coefficient (Wildman–Crippen LogP) is -0.897. The van der Waals surface area contributed by atoms with Crippen LogP contribution in [-0.4, -0.2) is 48.6 Å². The Labute approximate surface area is 101 Å². The van der Waals surface area contributed by atoms with Gasteiger partial charge in [-0.3, -0.25) is 9.59 Å². The van der Waals surface area contributed by atoms with Gasteiger partial charge in [0.15, 0.2) is 0 Å². The number of nitrogens with one attached hydrogen (secondary N) is 1. The molecule has 0 saturated heterocycles. The molecule has 0 unspecified atom stereocenters. The van der Waals surface area contributed by atoms with Gasteiger partial charge in [-0.05, 0) is 0 Å². The van der Waals surface area contributed by atoms with E-state index < -0.39 is 43.3 Å². The SMILES string of the molecule is NC(=O)C[C@@H](NC(=O)CCOCC(F)F)C(=O)O. The topological polar surface area (TPSA) is 119 Å². The molecule has 0 spiro atoms. The fraction of sp³-hybridized carbons (Fsp3) is 0.667. The van der Waals surface area contributed by atoms with Crippen LogP contribution in [0.5, 0.6) is 0 Å². The molecule has 18 heavy (non-hydrogen) atoms. The average molecular weight is 268 g/mol. The Morgan fingerprint density at radius 1 is 1.33 bits per heavy atom.